The average molecular weight is 588 g/mol. The van der Waals surface area contributed by atoms with Crippen molar-refractivity contribution in [2.75, 3.05) is 39.4 Å². The number of nitrogens with two attached hydrogens (primary N) is 1. The number of aromatic nitrogens is 2. The topological polar surface area (TPSA) is 111 Å². The lowest BCUT2D eigenvalue weighted by Gasteiger charge is -2.26. The van der Waals surface area contributed by atoms with E-state index >= 15 is 0 Å². The van der Waals surface area contributed by atoms with Crippen LogP contribution < -0.4 is 15.8 Å². The smallest absolute Gasteiger partial charge is 0.416 e. The number of carbonyl (C=O) groups is 2. The Morgan fingerprint density at radius 2 is 1.93 bits per heavy atom. The maximum absolute atomic E-state index is 13.4. The highest BCUT2D eigenvalue weighted by molar-refractivity contribution is 7.17. The lowest BCUT2D eigenvalue weighted by molar-refractivity contribution is -0.138. The van der Waals surface area contributed by atoms with E-state index in [9.17, 15) is 22.8 Å². The van der Waals surface area contributed by atoms with E-state index in [0.717, 1.165) is 42.6 Å². The van der Waals surface area contributed by atoms with Crippen molar-refractivity contribution < 1.29 is 32.2 Å². The Bertz CT molecular complexity index is 1550. The number of alkyl halides is 3. The number of amides is 2. The molecule has 4 aromatic rings. The van der Waals surface area contributed by atoms with Crippen LogP contribution in [0.15, 0.2) is 54.9 Å². The fourth-order valence-electron chi connectivity index (χ4n) is 4.60. The first-order valence-corrected chi connectivity index (χ1v) is 13.8. The largest absolute Gasteiger partial charge is 0.487 e. The van der Waals surface area contributed by atoms with E-state index < -0.39 is 24.3 Å². The molecule has 2 amide bonds. The van der Waals surface area contributed by atoms with Crippen LogP contribution in [0.4, 0.5) is 13.2 Å². The average Bonchev–Trinajstić information content (AvgIpc) is 3.56. The predicted molar refractivity (Wildman–Crippen MR) is 147 cm³/mol. The van der Waals surface area contributed by atoms with Crippen molar-refractivity contribution in [2.24, 2.45) is 5.73 Å². The summed E-state index contributed by atoms with van der Waals surface area (Å²) in [6.45, 7) is 4.07. The third kappa shape index (κ3) is 6.87. The number of morpholine rings is 1. The Morgan fingerprint density at radius 1 is 1.15 bits per heavy atom. The van der Waals surface area contributed by atoms with Gasteiger partial charge >= 0.3 is 6.18 Å². The van der Waals surface area contributed by atoms with Crippen LogP contribution in [-0.2, 0) is 28.7 Å². The van der Waals surface area contributed by atoms with E-state index in [4.69, 9.17) is 15.2 Å². The summed E-state index contributed by atoms with van der Waals surface area (Å²) in [5.74, 6) is -0.751. The summed E-state index contributed by atoms with van der Waals surface area (Å²) >= 11 is 1.06. The molecule has 0 bridgehead atoms. The molecule has 4 heterocycles. The quantitative estimate of drug-likeness (QED) is 0.293. The minimum Gasteiger partial charge on any atom is -0.487 e. The number of pyridine rings is 1. The van der Waals surface area contributed by atoms with Gasteiger partial charge in [-0.2, -0.15) is 13.2 Å². The number of fused-ring (bicyclic) bond motifs is 1. The van der Waals surface area contributed by atoms with Gasteiger partial charge in [-0.1, -0.05) is 18.2 Å². The van der Waals surface area contributed by atoms with E-state index in [1.807, 2.05) is 6.07 Å². The Hall–Kier alpha value is -3.94. The molecule has 13 heteroatoms. The van der Waals surface area contributed by atoms with Crippen LogP contribution in [0.5, 0.6) is 5.75 Å². The summed E-state index contributed by atoms with van der Waals surface area (Å²) in [5, 5.41) is 2.95. The van der Waals surface area contributed by atoms with Gasteiger partial charge in [0.25, 0.3) is 5.91 Å². The molecule has 0 saturated carbocycles. The monoisotopic (exact) mass is 587 g/mol. The molecule has 3 N–H and O–H groups in total. The summed E-state index contributed by atoms with van der Waals surface area (Å²) < 4.78 is 52.9. The van der Waals surface area contributed by atoms with Gasteiger partial charge in [0.2, 0.25) is 5.91 Å². The fraction of sp³-hybridized carbons (Fsp3) is 0.321. The van der Waals surface area contributed by atoms with Crippen molar-refractivity contribution in [2.45, 2.75) is 19.2 Å². The highest BCUT2D eigenvalue weighted by Crippen LogP contribution is 2.38. The number of primary amides is 1. The second-order valence-corrected chi connectivity index (χ2v) is 10.6. The Morgan fingerprint density at radius 3 is 2.68 bits per heavy atom. The van der Waals surface area contributed by atoms with Crippen LogP contribution in [0.3, 0.4) is 0 Å². The second-order valence-electron chi connectivity index (χ2n) is 9.50. The molecule has 0 unspecified atom stereocenters. The number of ether oxygens (including phenoxy) is 2. The molecular formula is C28H28F3N5O4S. The summed E-state index contributed by atoms with van der Waals surface area (Å²) in [5.41, 5.74) is 6.70. The van der Waals surface area contributed by atoms with E-state index in [1.54, 1.807) is 28.9 Å². The van der Waals surface area contributed by atoms with Crippen LogP contribution in [0, 0.1) is 0 Å². The standard InChI is InChI=1S/C28H28F3N5O4S/c29-28(30,31)20-4-2-1-3-19(20)17-40-22-15-23(41-26(22)27(32)38)21-16-34-24-13-18(5-7-36(21)24)14-25(37)33-6-8-35-9-11-39-12-10-35/h1-5,7,13,15-16H,6,8-12,14,17H2,(H2,32,38)(H,33,37). The van der Waals surface area contributed by atoms with Crippen LogP contribution in [-0.4, -0.2) is 65.5 Å². The molecule has 1 aliphatic rings. The number of nitrogens with one attached hydrogen (secondary N) is 1. The van der Waals surface area contributed by atoms with Gasteiger partial charge in [-0.25, -0.2) is 4.98 Å². The van der Waals surface area contributed by atoms with E-state index in [1.165, 1.54) is 18.2 Å². The van der Waals surface area contributed by atoms with Gasteiger partial charge in [0, 0.05) is 44.0 Å². The Labute approximate surface area is 237 Å². The van der Waals surface area contributed by atoms with Crippen molar-refractivity contribution >= 4 is 28.8 Å². The van der Waals surface area contributed by atoms with Crippen LogP contribution in [0.1, 0.15) is 26.4 Å². The van der Waals surface area contributed by atoms with Gasteiger partial charge in [-0.3, -0.25) is 18.9 Å². The molecule has 0 radical (unpaired) electrons. The van der Waals surface area contributed by atoms with Gasteiger partial charge in [0.1, 0.15) is 22.9 Å². The molecule has 1 aliphatic heterocycles. The summed E-state index contributed by atoms with van der Waals surface area (Å²) in [7, 11) is 0. The predicted octanol–water partition coefficient (Wildman–Crippen LogP) is 3.75. The van der Waals surface area contributed by atoms with Crippen molar-refractivity contribution in [3.05, 3.63) is 76.4 Å². The molecule has 0 aliphatic carbocycles. The highest BCUT2D eigenvalue weighted by atomic mass is 32.1. The number of thiophene rings is 1. The Balaban J connectivity index is 1.28. The summed E-state index contributed by atoms with van der Waals surface area (Å²) in [6, 6.07) is 10.3. The number of carbonyl (C=O) groups excluding carboxylic acids is 2. The molecule has 5 rings (SSSR count). The fourth-order valence-corrected chi connectivity index (χ4v) is 5.56. The second kappa shape index (κ2) is 12.3. The first kappa shape index (κ1) is 28.6. The zero-order valence-electron chi connectivity index (χ0n) is 21.9. The van der Waals surface area contributed by atoms with Gasteiger partial charge in [0.05, 0.1) is 42.0 Å². The summed E-state index contributed by atoms with van der Waals surface area (Å²) in [4.78, 5) is 32.0. The molecule has 3 aromatic heterocycles. The highest BCUT2D eigenvalue weighted by Gasteiger charge is 2.33. The van der Waals surface area contributed by atoms with Crippen LogP contribution in [0.25, 0.3) is 16.2 Å². The van der Waals surface area contributed by atoms with Crippen molar-refractivity contribution in [3.63, 3.8) is 0 Å². The zero-order chi connectivity index (χ0) is 29.0. The van der Waals surface area contributed by atoms with Gasteiger partial charge in [-0.15, -0.1) is 11.3 Å². The molecular weight excluding hydrogens is 559 g/mol. The molecule has 0 atom stereocenters. The van der Waals surface area contributed by atoms with Gasteiger partial charge < -0.3 is 20.5 Å². The molecule has 9 nitrogen and oxygen atoms in total. The summed E-state index contributed by atoms with van der Waals surface area (Å²) in [6.07, 6.45) is -0.951. The van der Waals surface area contributed by atoms with Gasteiger partial charge in [0.15, 0.2) is 0 Å². The number of hydrogen-bond donors (Lipinski definition) is 2. The third-order valence-corrected chi connectivity index (χ3v) is 7.83. The van der Waals surface area contributed by atoms with Gasteiger partial charge in [-0.05, 0) is 23.8 Å². The minimum absolute atomic E-state index is 0.0596. The maximum Gasteiger partial charge on any atom is 0.416 e. The number of nitrogens with zero attached hydrogens (tertiary/aromatic N) is 3. The molecule has 1 saturated heterocycles. The molecule has 0 spiro atoms. The van der Waals surface area contributed by atoms with Crippen LogP contribution >= 0.6 is 11.3 Å². The van der Waals surface area contributed by atoms with E-state index in [0.29, 0.717) is 36.0 Å². The number of benzene rings is 1. The first-order valence-electron chi connectivity index (χ1n) is 12.9. The van der Waals surface area contributed by atoms with Crippen molar-refractivity contribution in [1.82, 2.24) is 19.6 Å². The number of halogens is 3. The van der Waals surface area contributed by atoms with Crippen LogP contribution in [0.2, 0.25) is 0 Å². The first-order chi connectivity index (χ1) is 19.7. The number of rotatable bonds is 10. The zero-order valence-corrected chi connectivity index (χ0v) is 22.8. The minimum atomic E-state index is -4.54. The maximum atomic E-state index is 13.4. The SMILES string of the molecule is NC(=O)c1sc(-c2cnc3cc(CC(=O)NCCN4CCOCC4)ccn23)cc1OCc1ccccc1C(F)(F)F. The van der Waals surface area contributed by atoms with E-state index in [-0.39, 0.29) is 28.5 Å². The normalized spacial score (nSPS) is 14.3. The molecule has 216 valence electrons. The molecule has 1 fully saturated rings. The van der Waals surface area contributed by atoms with Crippen molar-refractivity contribution in [3.8, 4) is 16.3 Å². The molecule has 1 aromatic carbocycles. The van der Waals surface area contributed by atoms with Crippen molar-refractivity contribution in [1.29, 1.82) is 0 Å². The number of hydrogen-bond acceptors (Lipinski definition) is 7. The Kier molecular flexibility index (Phi) is 8.57. The molecule has 41 heavy (non-hydrogen) atoms. The third-order valence-electron chi connectivity index (χ3n) is 6.68. The number of imidazole rings is 1. The lowest BCUT2D eigenvalue weighted by atomic mass is 10.1. The van der Waals surface area contributed by atoms with E-state index in [2.05, 4.69) is 15.2 Å². The lowest BCUT2D eigenvalue weighted by Crippen LogP contribution is -2.41.